The predicted molar refractivity (Wildman–Crippen MR) is 117 cm³/mol. The monoisotopic (exact) mass is 427 g/mol. The van der Waals surface area contributed by atoms with Crippen molar-refractivity contribution < 1.29 is 9.18 Å². The van der Waals surface area contributed by atoms with Gasteiger partial charge in [0.05, 0.1) is 11.1 Å². The number of hydrogen-bond donors (Lipinski definition) is 2. The first kappa shape index (κ1) is 20.8. The molecule has 2 saturated heterocycles. The number of carbonyl (C=O) groups is 1. The van der Waals surface area contributed by atoms with Crippen molar-refractivity contribution in [2.45, 2.75) is 12.3 Å². The molecule has 0 unspecified atom stereocenters. The predicted octanol–water partition coefficient (Wildman–Crippen LogP) is 2.59. The number of aromatic nitrogens is 1. The lowest BCUT2D eigenvalue weighted by atomic mass is 9.81. The zero-order valence-corrected chi connectivity index (χ0v) is 17.8. The summed E-state index contributed by atoms with van der Waals surface area (Å²) in [5, 5.41) is 8.61. The Kier molecular flexibility index (Phi) is 6.04. The second kappa shape index (κ2) is 8.72. The molecule has 2 aliphatic heterocycles. The zero-order chi connectivity index (χ0) is 21.1. The van der Waals surface area contributed by atoms with Crippen LogP contribution in [0.3, 0.4) is 0 Å². The van der Waals surface area contributed by atoms with Crippen LogP contribution in [-0.4, -0.2) is 66.6 Å². The molecule has 158 valence electrons. The lowest BCUT2D eigenvalue weighted by molar-refractivity contribution is 0.0916. The molecular formula is C22H26FN5OS. The van der Waals surface area contributed by atoms with Crippen molar-refractivity contribution >= 4 is 22.5 Å². The highest BCUT2D eigenvalue weighted by Gasteiger charge is 2.33. The van der Waals surface area contributed by atoms with Gasteiger partial charge in [-0.05, 0) is 24.6 Å². The number of benzene rings is 1. The molecule has 0 bridgehead atoms. The topological polar surface area (TPSA) is 60.5 Å². The average molecular weight is 428 g/mol. The van der Waals surface area contributed by atoms with E-state index >= 15 is 0 Å². The van der Waals surface area contributed by atoms with Gasteiger partial charge in [-0.2, -0.15) is 0 Å². The zero-order valence-electron chi connectivity index (χ0n) is 17.0. The first-order valence-electron chi connectivity index (χ1n) is 10.2. The van der Waals surface area contributed by atoms with Crippen molar-refractivity contribution in [1.82, 2.24) is 20.1 Å². The maximum atomic E-state index is 13.3. The van der Waals surface area contributed by atoms with Gasteiger partial charge in [0.1, 0.15) is 5.82 Å². The van der Waals surface area contributed by atoms with E-state index in [2.05, 4.69) is 26.4 Å². The van der Waals surface area contributed by atoms with Crippen molar-refractivity contribution in [2.75, 3.05) is 51.1 Å². The van der Waals surface area contributed by atoms with Crippen LogP contribution in [0.1, 0.15) is 18.2 Å². The minimum atomic E-state index is -0.793. The highest BCUT2D eigenvalue weighted by molar-refractivity contribution is 7.14. The molecule has 3 heterocycles. The van der Waals surface area contributed by atoms with E-state index in [4.69, 9.17) is 6.42 Å². The molecule has 4 rings (SSSR count). The number of piperazine rings is 1. The van der Waals surface area contributed by atoms with Crippen LogP contribution in [0, 0.1) is 24.1 Å². The number of rotatable bonds is 5. The summed E-state index contributed by atoms with van der Waals surface area (Å²) in [4.78, 5) is 21.4. The Morgan fingerprint density at radius 3 is 2.73 bits per heavy atom. The molecule has 1 aromatic heterocycles. The first-order valence-corrected chi connectivity index (χ1v) is 11.0. The molecule has 2 amide bonds. The fourth-order valence-electron chi connectivity index (χ4n) is 3.93. The molecule has 2 aliphatic rings. The van der Waals surface area contributed by atoms with Gasteiger partial charge in [-0.1, -0.05) is 18.1 Å². The molecule has 6 nitrogen and oxygen atoms in total. The molecule has 2 N–H and O–H groups in total. The van der Waals surface area contributed by atoms with Gasteiger partial charge in [0, 0.05) is 57.1 Å². The summed E-state index contributed by atoms with van der Waals surface area (Å²) in [6.45, 7) is 8.69. The van der Waals surface area contributed by atoms with Crippen molar-refractivity contribution in [3.63, 3.8) is 0 Å². The third kappa shape index (κ3) is 4.33. The van der Waals surface area contributed by atoms with Crippen molar-refractivity contribution in [1.29, 1.82) is 0 Å². The molecule has 0 saturated carbocycles. The fraction of sp³-hybridized carbons (Fsp3) is 0.455. The fourth-order valence-corrected chi connectivity index (χ4v) is 4.74. The standard InChI is InChI=1S/C22H26FN5OS/c1-3-22(2,17-4-6-18(23)7-5-17)19-15-30-20(25-19)26-21(29)28-13-16(14-28)12-27-10-8-24-9-11-27/h1,4-7,15-16,24H,8-14H2,2H3,(H,25,26,29)/t22-/m0/s1. The van der Waals surface area contributed by atoms with Crippen LogP contribution in [0.2, 0.25) is 0 Å². The summed E-state index contributed by atoms with van der Waals surface area (Å²) in [6, 6.07) is 6.00. The largest absolute Gasteiger partial charge is 0.324 e. The summed E-state index contributed by atoms with van der Waals surface area (Å²) >= 11 is 1.34. The van der Waals surface area contributed by atoms with Gasteiger partial charge >= 0.3 is 6.03 Å². The number of hydrogen-bond acceptors (Lipinski definition) is 5. The number of amides is 2. The van der Waals surface area contributed by atoms with Crippen LogP contribution in [0.4, 0.5) is 14.3 Å². The molecule has 2 fully saturated rings. The quantitative estimate of drug-likeness (QED) is 0.720. The number of nitrogens with zero attached hydrogens (tertiary/aromatic N) is 3. The molecule has 0 spiro atoms. The summed E-state index contributed by atoms with van der Waals surface area (Å²) < 4.78 is 13.3. The highest BCUT2D eigenvalue weighted by atomic mass is 32.1. The van der Waals surface area contributed by atoms with Gasteiger partial charge < -0.3 is 15.1 Å². The maximum Gasteiger partial charge on any atom is 0.323 e. The minimum absolute atomic E-state index is 0.128. The third-order valence-electron chi connectivity index (χ3n) is 5.91. The minimum Gasteiger partial charge on any atom is -0.324 e. The molecule has 8 heteroatoms. The normalized spacial score (nSPS) is 19.6. The van der Waals surface area contributed by atoms with Gasteiger partial charge in [-0.3, -0.25) is 5.32 Å². The molecule has 0 radical (unpaired) electrons. The van der Waals surface area contributed by atoms with E-state index in [0.717, 1.165) is 51.4 Å². The van der Waals surface area contributed by atoms with Gasteiger partial charge in [-0.15, -0.1) is 17.8 Å². The average Bonchev–Trinajstić information content (AvgIpc) is 3.20. The maximum absolute atomic E-state index is 13.3. The molecule has 0 aliphatic carbocycles. The van der Waals surface area contributed by atoms with Crippen LogP contribution in [0.15, 0.2) is 29.6 Å². The lowest BCUT2D eigenvalue weighted by Gasteiger charge is -2.42. The van der Waals surface area contributed by atoms with Gasteiger partial charge in [-0.25, -0.2) is 14.2 Å². The van der Waals surface area contributed by atoms with Crippen molar-refractivity contribution in [3.8, 4) is 12.3 Å². The van der Waals surface area contributed by atoms with Crippen LogP contribution in [0.5, 0.6) is 0 Å². The van der Waals surface area contributed by atoms with Crippen LogP contribution in [0.25, 0.3) is 0 Å². The Labute approximate surface area is 180 Å². The van der Waals surface area contributed by atoms with Crippen LogP contribution in [-0.2, 0) is 5.41 Å². The van der Waals surface area contributed by atoms with Crippen molar-refractivity contribution in [2.24, 2.45) is 5.92 Å². The number of terminal acetylenes is 1. The number of carbonyl (C=O) groups excluding carboxylic acids is 1. The molecule has 1 aromatic carbocycles. The number of urea groups is 1. The van der Waals surface area contributed by atoms with Crippen molar-refractivity contribution in [3.05, 3.63) is 46.7 Å². The van der Waals surface area contributed by atoms with Gasteiger partial charge in [0.25, 0.3) is 0 Å². The first-order chi connectivity index (χ1) is 14.5. The highest BCUT2D eigenvalue weighted by Crippen LogP contribution is 2.33. The number of thiazole rings is 1. The van der Waals surface area contributed by atoms with E-state index in [1.807, 2.05) is 17.2 Å². The Morgan fingerprint density at radius 1 is 1.37 bits per heavy atom. The van der Waals surface area contributed by atoms with E-state index in [9.17, 15) is 9.18 Å². The Hall–Kier alpha value is -2.47. The number of likely N-dealkylation sites (tertiary alicyclic amines) is 1. The third-order valence-corrected chi connectivity index (χ3v) is 6.67. The summed E-state index contributed by atoms with van der Waals surface area (Å²) in [6.07, 6.45) is 5.81. The molecule has 2 aromatic rings. The molecular weight excluding hydrogens is 401 g/mol. The lowest BCUT2D eigenvalue weighted by Crippen LogP contribution is -2.56. The van der Waals surface area contributed by atoms with Crippen LogP contribution < -0.4 is 10.6 Å². The van der Waals surface area contributed by atoms with Gasteiger partial charge in [0.15, 0.2) is 5.13 Å². The number of halogens is 1. The summed E-state index contributed by atoms with van der Waals surface area (Å²) in [5.41, 5.74) is 0.656. The summed E-state index contributed by atoms with van der Waals surface area (Å²) in [5.74, 6) is 3.00. The number of anilines is 1. The van der Waals surface area contributed by atoms with E-state index in [1.165, 1.54) is 23.5 Å². The van der Waals surface area contributed by atoms with Gasteiger partial charge in [0.2, 0.25) is 0 Å². The molecule has 30 heavy (non-hydrogen) atoms. The van der Waals surface area contributed by atoms with E-state index in [-0.39, 0.29) is 11.8 Å². The van der Waals surface area contributed by atoms with E-state index in [1.54, 1.807) is 12.1 Å². The molecule has 1 atom stereocenters. The second-order valence-electron chi connectivity index (χ2n) is 8.07. The SMILES string of the molecule is C#C[C@@](C)(c1ccc(F)cc1)c1csc(NC(=O)N2CC(CN3CCNCC3)C2)n1. The Bertz CT molecular complexity index is 928. The summed E-state index contributed by atoms with van der Waals surface area (Å²) in [7, 11) is 0. The van der Waals surface area contributed by atoms with Crippen LogP contribution >= 0.6 is 11.3 Å². The van der Waals surface area contributed by atoms with E-state index in [0.29, 0.717) is 16.7 Å². The number of nitrogens with one attached hydrogen (secondary N) is 2. The second-order valence-corrected chi connectivity index (χ2v) is 8.92. The Morgan fingerprint density at radius 2 is 2.07 bits per heavy atom. The Balaban J connectivity index is 1.33. The smallest absolute Gasteiger partial charge is 0.323 e. The van der Waals surface area contributed by atoms with E-state index < -0.39 is 5.41 Å².